The molecular formula is C11H25NO3. The number of carboxylic acids is 1. The monoisotopic (exact) mass is 219 g/mol. The van der Waals surface area contributed by atoms with Crippen molar-refractivity contribution in [2.24, 2.45) is 0 Å². The molecule has 0 bridgehead atoms. The molecule has 0 radical (unpaired) electrons. The summed E-state index contributed by atoms with van der Waals surface area (Å²) >= 11 is 0. The molecule has 0 rings (SSSR count). The quantitative estimate of drug-likeness (QED) is 0.536. The summed E-state index contributed by atoms with van der Waals surface area (Å²) < 4.78 is 0.844. The highest BCUT2D eigenvalue weighted by atomic mass is 16.4. The maximum atomic E-state index is 9.74. The molecule has 0 aromatic rings. The lowest BCUT2D eigenvalue weighted by atomic mass is 10.2. The number of nitrogens with zero attached hydrogens (tertiary/aromatic N) is 1. The Kier molecular flexibility index (Phi) is 9.72. The molecule has 0 amide bonds. The van der Waals surface area contributed by atoms with Crippen molar-refractivity contribution < 1.29 is 19.5 Å². The van der Waals surface area contributed by atoms with Crippen LogP contribution in [-0.2, 0) is 4.79 Å². The molecule has 0 aromatic carbocycles. The molecule has 0 aromatic heterocycles. The molecule has 1 atom stereocenters. The van der Waals surface area contributed by atoms with E-state index in [2.05, 4.69) is 20.8 Å². The van der Waals surface area contributed by atoms with Crippen molar-refractivity contribution in [2.75, 3.05) is 19.6 Å². The van der Waals surface area contributed by atoms with Gasteiger partial charge in [-0.1, -0.05) is 6.92 Å². The molecule has 0 aliphatic carbocycles. The van der Waals surface area contributed by atoms with E-state index in [-0.39, 0.29) is 6.23 Å². The summed E-state index contributed by atoms with van der Waals surface area (Å²) in [4.78, 5) is 8.89. The van der Waals surface area contributed by atoms with Gasteiger partial charge in [-0.05, 0) is 27.7 Å². The Morgan fingerprint density at radius 3 is 1.53 bits per heavy atom. The van der Waals surface area contributed by atoms with Crippen LogP contribution in [0.3, 0.4) is 0 Å². The van der Waals surface area contributed by atoms with Crippen molar-refractivity contribution in [3.63, 3.8) is 0 Å². The zero-order chi connectivity index (χ0) is 12.5. The fraction of sp³-hybridized carbons (Fsp3) is 0.909. The lowest BCUT2D eigenvalue weighted by molar-refractivity contribution is -0.966. The summed E-state index contributed by atoms with van der Waals surface area (Å²) in [5.41, 5.74) is 0. The predicted octanol–water partition coefficient (Wildman–Crippen LogP) is 0.347. The van der Waals surface area contributed by atoms with Crippen molar-refractivity contribution >= 4 is 5.97 Å². The van der Waals surface area contributed by atoms with Crippen LogP contribution in [0.15, 0.2) is 0 Å². The van der Waals surface area contributed by atoms with Crippen molar-refractivity contribution in [3.8, 4) is 0 Å². The average Bonchev–Trinajstić information content (AvgIpc) is 2.20. The maximum absolute atomic E-state index is 9.74. The summed E-state index contributed by atoms with van der Waals surface area (Å²) in [7, 11) is 0. The highest BCUT2D eigenvalue weighted by Crippen LogP contribution is 2.13. The molecular weight excluding hydrogens is 194 g/mol. The summed E-state index contributed by atoms with van der Waals surface area (Å²) in [6, 6.07) is 0. The van der Waals surface area contributed by atoms with Gasteiger partial charge in [-0.2, -0.15) is 0 Å². The van der Waals surface area contributed by atoms with Gasteiger partial charge in [0.1, 0.15) is 0 Å². The van der Waals surface area contributed by atoms with Crippen molar-refractivity contribution in [1.82, 2.24) is 0 Å². The normalized spacial score (nSPS) is 12.7. The van der Waals surface area contributed by atoms with Crippen molar-refractivity contribution in [1.29, 1.82) is 0 Å². The molecule has 0 fully saturated rings. The Bertz CT molecular complexity index is 155. The second-order valence-corrected chi connectivity index (χ2v) is 3.55. The van der Waals surface area contributed by atoms with Gasteiger partial charge >= 0.3 is 0 Å². The second-order valence-electron chi connectivity index (χ2n) is 3.55. The SMILES string of the molecule is CC(=O)[O-].CCC(O)[N+](CC)(CC)CC. The number of rotatable bonds is 5. The largest absolute Gasteiger partial charge is 0.550 e. The van der Waals surface area contributed by atoms with Gasteiger partial charge in [0.15, 0.2) is 6.23 Å². The number of aliphatic hydroxyl groups excluding tert-OH is 1. The highest BCUT2D eigenvalue weighted by Gasteiger charge is 2.28. The Balaban J connectivity index is 0. The fourth-order valence-electron chi connectivity index (χ4n) is 1.69. The van der Waals surface area contributed by atoms with Crippen LogP contribution in [0.25, 0.3) is 0 Å². The lowest BCUT2D eigenvalue weighted by Crippen LogP contribution is -2.54. The predicted molar refractivity (Wildman–Crippen MR) is 58.9 cm³/mol. The molecule has 1 unspecified atom stereocenters. The lowest BCUT2D eigenvalue weighted by Gasteiger charge is -2.39. The number of aliphatic hydroxyl groups is 1. The summed E-state index contributed by atoms with van der Waals surface area (Å²) in [6.45, 7) is 12.5. The number of hydrogen-bond donors (Lipinski definition) is 1. The highest BCUT2D eigenvalue weighted by molar-refractivity contribution is 5.60. The summed E-state index contributed by atoms with van der Waals surface area (Å²) in [5, 5.41) is 18.6. The van der Waals surface area contributed by atoms with Crippen LogP contribution >= 0.6 is 0 Å². The standard InChI is InChI=1S/C9H22NO.C2H4O2/c1-5-9(11)10(6-2,7-3)8-4;1-2(3)4/h9,11H,5-8H2,1-4H3;1H3,(H,3,4)/q+1;/p-1. The summed E-state index contributed by atoms with van der Waals surface area (Å²) in [5.74, 6) is -1.08. The zero-order valence-electron chi connectivity index (χ0n) is 10.6. The van der Waals surface area contributed by atoms with Crippen LogP contribution in [0.4, 0.5) is 0 Å². The number of carbonyl (C=O) groups excluding carboxylic acids is 1. The maximum Gasteiger partial charge on any atom is 0.190 e. The van der Waals surface area contributed by atoms with E-state index in [4.69, 9.17) is 9.90 Å². The molecule has 0 saturated heterocycles. The summed E-state index contributed by atoms with van der Waals surface area (Å²) in [6.07, 6.45) is 0.685. The van der Waals surface area contributed by atoms with Gasteiger partial charge < -0.3 is 15.0 Å². The Morgan fingerprint density at radius 1 is 1.20 bits per heavy atom. The van der Waals surface area contributed by atoms with Gasteiger partial charge in [0, 0.05) is 12.4 Å². The van der Waals surface area contributed by atoms with Gasteiger partial charge in [-0.15, -0.1) is 0 Å². The van der Waals surface area contributed by atoms with E-state index in [0.29, 0.717) is 0 Å². The number of carbonyl (C=O) groups is 1. The smallest absolute Gasteiger partial charge is 0.190 e. The van der Waals surface area contributed by atoms with Gasteiger partial charge in [0.2, 0.25) is 0 Å². The van der Waals surface area contributed by atoms with E-state index in [1.165, 1.54) is 0 Å². The minimum Gasteiger partial charge on any atom is -0.550 e. The minimum absolute atomic E-state index is 0.171. The molecule has 92 valence electrons. The molecule has 1 N–H and O–H groups in total. The van der Waals surface area contributed by atoms with Gasteiger partial charge in [-0.25, -0.2) is 0 Å². The Hall–Kier alpha value is -0.610. The first-order valence-corrected chi connectivity index (χ1v) is 5.61. The third-order valence-corrected chi connectivity index (χ3v) is 2.89. The third-order valence-electron chi connectivity index (χ3n) is 2.89. The average molecular weight is 219 g/mol. The van der Waals surface area contributed by atoms with E-state index < -0.39 is 5.97 Å². The van der Waals surface area contributed by atoms with Crippen LogP contribution in [0, 0.1) is 0 Å². The van der Waals surface area contributed by atoms with Crippen molar-refractivity contribution in [2.45, 2.75) is 47.3 Å². The van der Waals surface area contributed by atoms with Crippen LogP contribution in [0.5, 0.6) is 0 Å². The molecule has 15 heavy (non-hydrogen) atoms. The topological polar surface area (TPSA) is 60.4 Å². The molecule has 0 aliphatic heterocycles. The van der Waals surface area contributed by atoms with E-state index >= 15 is 0 Å². The van der Waals surface area contributed by atoms with Gasteiger partial charge in [-0.3, -0.25) is 4.48 Å². The second kappa shape index (κ2) is 8.68. The van der Waals surface area contributed by atoms with Crippen molar-refractivity contribution in [3.05, 3.63) is 0 Å². The molecule has 0 spiro atoms. The Morgan fingerprint density at radius 2 is 1.47 bits per heavy atom. The number of hydrogen-bond acceptors (Lipinski definition) is 3. The number of quaternary nitrogens is 1. The molecule has 0 aliphatic rings. The van der Waals surface area contributed by atoms with Crippen LogP contribution in [0.2, 0.25) is 0 Å². The first kappa shape index (κ1) is 16.8. The van der Waals surface area contributed by atoms with Gasteiger partial charge in [0.25, 0.3) is 0 Å². The molecule has 0 saturated carbocycles. The van der Waals surface area contributed by atoms with Crippen LogP contribution in [0.1, 0.15) is 41.0 Å². The Labute approximate surface area is 93.1 Å². The zero-order valence-corrected chi connectivity index (χ0v) is 10.6. The number of aliphatic carboxylic acids is 1. The minimum atomic E-state index is -1.08. The first-order valence-electron chi connectivity index (χ1n) is 5.61. The van der Waals surface area contributed by atoms with E-state index in [9.17, 15) is 5.11 Å². The van der Waals surface area contributed by atoms with E-state index in [1.54, 1.807) is 0 Å². The molecule has 4 heteroatoms. The molecule has 4 nitrogen and oxygen atoms in total. The number of carboxylic acid groups (broad SMARTS) is 1. The van der Waals surface area contributed by atoms with E-state index in [0.717, 1.165) is 37.5 Å². The van der Waals surface area contributed by atoms with Gasteiger partial charge in [0.05, 0.1) is 19.6 Å². The van der Waals surface area contributed by atoms with Crippen LogP contribution in [-0.4, -0.2) is 41.4 Å². The molecule has 0 heterocycles. The first-order chi connectivity index (χ1) is 6.90. The third kappa shape index (κ3) is 6.47. The fourth-order valence-corrected chi connectivity index (χ4v) is 1.69. The van der Waals surface area contributed by atoms with Crippen LogP contribution < -0.4 is 5.11 Å². The van der Waals surface area contributed by atoms with E-state index in [1.807, 2.05) is 6.92 Å².